The number of nitrogens with one attached hydrogen (secondary N) is 2. The molecule has 9 heteroatoms. The molecule has 0 radical (unpaired) electrons. The number of carbonyl (C=O) groups excluding carboxylic acids is 1. The molecule has 3 rings (SSSR count). The molecular weight excluding hydrogens is 402 g/mol. The van der Waals surface area contributed by atoms with Crippen LogP contribution in [-0.2, 0) is 6.54 Å². The van der Waals surface area contributed by atoms with Crippen LogP contribution >= 0.6 is 11.6 Å². The van der Waals surface area contributed by atoms with Gasteiger partial charge in [-0.15, -0.1) is 0 Å². The van der Waals surface area contributed by atoms with E-state index in [1.54, 1.807) is 5.01 Å². The van der Waals surface area contributed by atoms with Crippen LogP contribution < -0.4 is 15.8 Å². The number of nitrogens with zero attached hydrogens (tertiary/aromatic N) is 5. The van der Waals surface area contributed by atoms with E-state index < -0.39 is 0 Å². The molecule has 30 heavy (non-hydrogen) atoms. The van der Waals surface area contributed by atoms with Gasteiger partial charge >= 0.3 is 0 Å². The van der Waals surface area contributed by atoms with Gasteiger partial charge in [-0.05, 0) is 23.6 Å². The fourth-order valence-corrected chi connectivity index (χ4v) is 3.42. The molecule has 8 nitrogen and oxygen atoms in total. The molecule has 2 heterocycles. The molecule has 0 saturated carbocycles. The Hall–Kier alpha value is -2.73. The number of hydrogen-bond acceptors (Lipinski definition) is 7. The first kappa shape index (κ1) is 22.0. The van der Waals surface area contributed by atoms with Gasteiger partial charge in [-0.2, -0.15) is 10.2 Å². The summed E-state index contributed by atoms with van der Waals surface area (Å²) in [5.41, 5.74) is 4.58. The number of aromatic nitrogens is 2. The Morgan fingerprint density at radius 2 is 2.03 bits per heavy atom. The van der Waals surface area contributed by atoms with Crippen LogP contribution in [0.4, 0.5) is 5.82 Å². The zero-order valence-electron chi connectivity index (χ0n) is 17.2. The van der Waals surface area contributed by atoms with Crippen molar-refractivity contribution in [2.24, 2.45) is 5.92 Å². The van der Waals surface area contributed by atoms with Crippen molar-refractivity contribution >= 4 is 23.3 Å². The smallest absolute Gasteiger partial charge is 0.269 e. The molecule has 1 aliphatic rings. The Balaban J connectivity index is 1.71. The van der Waals surface area contributed by atoms with Crippen molar-refractivity contribution in [1.29, 1.82) is 5.26 Å². The number of benzene rings is 1. The molecule has 0 aliphatic carbocycles. The monoisotopic (exact) mass is 427 g/mol. The van der Waals surface area contributed by atoms with Crippen LogP contribution in [0.1, 0.15) is 35.6 Å². The number of carbonyl (C=O) groups is 1. The average molecular weight is 428 g/mol. The highest BCUT2D eigenvalue weighted by Gasteiger charge is 2.19. The summed E-state index contributed by atoms with van der Waals surface area (Å²) >= 11 is 6.24. The number of halogens is 1. The summed E-state index contributed by atoms with van der Waals surface area (Å²) in [5, 5.41) is 14.3. The second-order valence-electron chi connectivity index (χ2n) is 7.65. The second-order valence-corrected chi connectivity index (χ2v) is 8.05. The Morgan fingerprint density at radius 3 is 2.67 bits per heavy atom. The Kier molecular flexibility index (Phi) is 7.57. The zero-order chi connectivity index (χ0) is 21.5. The molecule has 1 amide bonds. The lowest BCUT2D eigenvalue weighted by atomic mass is 10.1. The van der Waals surface area contributed by atoms with Crippen LogP contribution in [0.25, 0.3) is 0 Å². The van der Waals surface area contributed by atoms with Crippen molar-refractivity contribution in [1.82, 2.24) is 25.6 Å². The first-order chi connectivity index (χ1) is 14.5. The molecule has 2 N–H and O–H groups in total. The van der Waals surface area contributed by atoms with Gasteiger partial charge in [-0.25, -0.2) is 4.98 Å². The minimum Gasteiger partial charge on any atom is -0.314 e. The molecule has 2 aromatic rings. The summed E-state index contributed by atoms with van der Waals surface area (Å²) in [6.45, 7) is 9.45. The fraction of sp³-hybridized carbons (Fsp3) is 0.429. The van der Waals surface area contributed by atoms with Crippen LogP contribution in [0.5, 0.6) is 0 Å². The highest BCUT2D eigenvalue weighted by Crippen LogP contribution is 2.22. The summed E-state index contributed by atoms with van der Waals surface area (Å²) < 4.78 is 0. The number of nitriles is 1. The van der Waals surface area contributed by atoms with Gasteiger partial charge in [0.1, 0.15) is 11.1 Å². The molecule has 0 unspecified atom stereocenters. The van der Waals surface area contributed by atoms with E-state index in [2.05, 4.69) is 25.6 Å². The fourth-order valence-electron chi connectivity index (χ4n) is 3.23. The average Bonchev–Trinajstić information content (AvgIpc) is 2.74. The molecule has 0 spiro atoms. The van der Waals surface area contributed by atoms with Crippen molar-refractivity contribution in [3.05, 3.63) is 52.4 Å². The van der Waals surface area contributed by atoms with E-state index in [0.29, 0.717) is 17.9 Å². The minimum absolute atomic E-state index is 0.00493. The number of rotatable bonds is 7. The summed E-state index contributed by atoms with van der Waals surface area (Å²) in [4.78, 5) is 23.3. The first-order valence-corrected chi connectivity index (χ1v) is 10.4. The second kappa shape index (κ2) is 10.3. The van der Waals surface area contributed by atoms with Gasteiger partial charge in [-0.1, -0.05) is 37.6 Å². The molecule has 1 aromatic heterocycles. The summed E-state index contributed by atoms with van der Waals surface area (Å²) in [7, 11) is 0. The first-order valence-electron chi connectivity index (χ1n) is 9.99. The van der Waals surface area contributed by atoms with E-state index in [-0.39, 0.29) is 22.7 Å². The van der Waals surface area contributed by atoms with E-state index >= 15 is 0 Å². The molecule has 1 aliphatic heterocycles. The Labute approximate surface area is 181 Å². The van der Waals surface area contributed by atoms with Crippen molar-refractivity contribution in [3.63, 3.8) is 0 Å². The highest BCUT2D eigenvalue weighted by molar-refractivity contribution is 6.32. The third-order valence-corrected chi connectivity index (χ3v) is 4.96. The number of hydrogen-bond donors (Lipinski definition) is 2. The van der Waals surface area contributed by atoms with Crippen LogP contribution in [0, 0.1) is 17.2 Å². The minimum atomic E-state index is -0.266. The summed E-state index contributed by atoms with van der Waals surface area (Å²) in [6, 6.07) is 9.51. The highest BCUT2D eigenvalue weighted by atomic mass is 35.5. The molecular formula is C21H26ClN7O. The maximum atomic E-state index is 12.9. The summed E-state index contributed by atoms with van der Waals surface area (Å²) in [6.07, 6.45) is 1.37. The van der Waals surface area contributed by atoms with Gasteiger partial charge in [0, 0.05) is 44.8 Å². The number of anilines is 1. The van der Waals surface area contributed by atoms with E-state index in [1.165, 1.54) is 11.8 Å². The molecule has 158 valence electrons. The lowest BCUT2D eigenvalue weighted by molar-refractivity contribution is 0.0947. The predicted molar refractivity (Wildman–Crippen MR) is 116 cm³/mol. The van der Waals surface area contributed by atoms with Crippen LogP contribution in [0.3, 0.4) is 0 Å². The number of piperazine rings is 1. The van der Waals surface area contributed by atoms with Crippen molar-refractivity contribution in [3.8, 4) is 6.07 Å². The van der Waals surface area contributed by atoms with E-state index in [9.17, 15) is 4.79 Å². The molecule has 1 aromatic carbocycles. The van der Waals surface area contributed by atoms with Gasteiger partial charge in [-0.3, -0.25) is 20.1 Å². The van der Waals surface area contributed by atoms with E-state index in [1.807, 2.05) is 44.2 Å². The standard InChI is InChI=1S/C21H26ClN7O/c1-15(2)13-29(20-18(22)12-25-19(11-23)26-20)27-21(30)17-5-3-16(4-6-17)14-28-9-7-24-8-10-28/h3-6,12,15,24H,7-10,13-14H2,1-2H3,(H,27,30). The van der Waals surface area contributed by atoms with Crippen LogP contribution in [0.2, 0.25) is 5.02 Å². The maximum absolute atomic E-state index is 12.9. The number of amides is 1. The van der Waals surface area contributed by atoms with Crippen molar-refractivity contribution < 1.29 is 4.79 Å². The Bertz CT molecular complexity index is 905. The quantitative estimate of drug-likeness (QED) is 0.654. The third-order valence-electron chi connectivity index (χ3n) is 4.70. The molecule has 0 bridgehead atoms. The SMILES string of the molecule is CC(C)CN(NC(=O)c1ccc(CN2CCNCC2)cc1)c1nc(C#N)ncc1Cl. The topological polar surface area (TPSA) is 97.2 Å². The predicted octanol–water partition coefficient (Wildman–Crippen LogP) is 2.21. The van der Waals surface area contributed by atoms with Crippen LogP contribution in [0.15, 0.2) is 30.5 Å². The van der Waals surface area contributed by atoms with Crippen LogP contribution in [-0.4, -0.2) is 53.5 Å². The zero-order valence-corrected chi connectivity index (χ0v) is 18.0. The van der Waals surface area contributed by atoms with Crippen molar-refractivity contribution in [2.45, 2.75) is 20.4 Å². The van der Waals surface area contributed by atoms with E-state index in [4.69, 9.17) is 16.9 Å². The normalized spacial score (nSPS) is 14.4. The molecule has 1 fully saturated rings. The Morgan fingerprint density at radius 1 is 1.33 bits per heavy atom. The lowest BCUT2D eigenvalue weighted by Crippen LogP contribution is -2.45. The summed E-state index contributed by atoms with van der Waals surface area (Å²) in [5.74, 6) is 0.260. The maximum Gasteiger partial charge on any atom is 0.269 e. The van der Waals surface area contributed by atoms with Gasteiger partial charge in [0.05, 0.1) is 6.20 Å². The lowest BCUT2D eigenvalue weighted by Gasteiger charge is -2.27. The molecule has 1 saturated heterocycles. The van der Waals surface area contributed by atoms with Gasteiger partial charge < -0.3 is 5.32 Å². The van der Waals surface area contributed by atoms with Gasteiger partial charge in [0.2, 0.25) is 5.82 Å². The number of hydrazine groups is 1. The largest absolute Gasteiger partial charge is 0.314 e. The van der Waals surface area contributed by atoms with Crippen molar-refractivity contribution in [2.75, 3.05) is 37.7 Å². The molecule has 0 atom stereocenters. The third kappa shape index (κ3) is 5.89. The van der Waals surface area contributed by atoms with E-state index in [0.717, 1.165) is 32.7 Å². The van der Waals surface area contributed by atoms with Gasteiger partial charge in [0.15, 0.2) is 5.82 Å². The van der Waals surface area contributed by atoms with Gasteiger partial charge in [0.25, 0.3) is 5.91 Å².